The minimum atomic E-state index is -4.61. The Bertz CT molecular complexity index is 1520. The lowest BCUT2D eigenvalue weighted by molar-refractivity contribution is -0.138. The van der Waals surface area contributed by atoms with Crippen LogP contribution in [0, 0.1) is 0 Å². The van der Waals surface area contributed by atoms with E-state index < -0.39 is 28.7 Å². The molecular weight excluding hydrogens is 583 g/mol. The number of alkyl halides is 3. The summed E-state index contributed by atoms with van der Waals surface area (Å²) in [5.74, 6) is -0.0524. The molecule has 2 heterocycles. The van der Waals surface area contributed by atoms with Gasteiger partial charge in [0.25, 0.3) is 0 Å². The van der Waals surface area contributed by atoms with Crippen molar-refractivity contribution in [1.29, 1.82) is 0 Å². The summed E-state index contributed by atoms with van der Waals surface area (Å²) >= 11 is 0. The summed E-state index contributed by atoms with van der Waals surface area (Å²) in [7, 11) is 0. The molecule has 2 fully saturated rings. The Morgan fingerprint density at radius 2 is 1.69 bits per heavy atom. The molecule has 45 heavy (non-hydrogen) atoms. The van der Waals surface area contributed by atoms with Crippen LogP contribution in [0.4, 0.5) is 29.6 Å². The van der Waals surface area contributed by atoms with E-state index in [-0.39, 0.29) is 36.5 Å². The number of amides is 2. The summed E-state index contributed by atoms with van der Waals surface area (Å²) in [6.45, 7) is 6.76. The zero-order chi connectivity index (χ0) is 32.4. The predicted molar refractivity (Wildman–Crippen MR) is 165 cm³/mol. The second-order valence-electron chi connectivity index (χ2n) is 13.0. The van der Waals surface area contributed by atoms with Gasteiger partial charge in [-0.05, 0) is 94.0 Å². The molecule has 1 saturated carbocycles. The minimum absolute atomic E-state index is 0.0127. The van der Waals surface area contributed by atoms with E-state index in [2.05, 4.69) is 15.3 Å². The van der Waals surface area contributed by atoms with Gasteiger partial charge in [-0.3, -0.25) is 4.79 Å². The molecule has 5 rings (SSSR count). The summed E-state index contributed by atoms with van der Waals surface area (Å²) in [4.78, 5) is 34.7. The van der Waals surface area contributed by atoms with Crippen LogP contribution >= 0.6 is 0 Å². The van der Waals surface area contributed by atoms with Crippen LogP contribution in [-0.4, -0.2) is 45.6 Å². The third-order valence-corrected chi connectivity index (χ3v) is 8.80. The molecule has 2 amide bonds. The van der Waals surface area contributed by atoms with E-state index in [1.54, 1.807) is 4.90 Å². The van der Waals surface area contributed by atoms with Crippen LogP contribution in [0.1, 0.15) is 86.7 Å². The molecule has 240 valence electrons. The van der Waals surface area contributed by atoms with Crippen molar-refractivity contribution in [3.8, 4) is 0 Å². The highest BCUT2D eigenvalue weighted by Gasteiger charge is 2.45. The van der Waals surface area contributed by atoms with Gasteiger partial charge in [0.05, 0.1) is 16.7 Å². The molecule has 1 aliphatic carbocycles. The number of halogens is 3. The van der Waals surface area contributed by atoms with E-state index >= 15 is 0 Å². The maximum absolute atomic E-state index is 13.9. The average Bonchev–Trinajstić information content (AvgIpc) is 2.95. The molecule has 3 aromatic rings. The van der Waals surface area contributed by atoms with Crippen molar-refractivity contribution in [1.82, 2.24) is 14.9 Å². The van der Waals surface area contributed by atoms with Crippen molar-refractivity contribution >= 4 is 23.6 Å². The summed E-state index contributed by atoms with van der Waals surface area (Å²) < 4.78 is 47.3. The van der Waals surface area contributed by atoms with E-state index in [4.69, 9.17) is 10.5 Å². The lowest BCUT2D eigenvalue weighted by Crippen LogP contribution is -2.47. The molecule has 1 aromatic heterocycles. The monoisotopic (exact) mass is 623 g/mol. The zero-order valence-electron chi connectivity index (χ0n) is 25.9. The molecule has 0 radical (unpaired) electrons. The third-order valence-electron chi connectivity index (χ3n) is 8.80. The molecule has 2 aromatic carbocycles. The van der Waals surface area contributed by atoms with Crippen LogP contribution in [0.2, 0.25) is 0 Å². The summed E-state index contributed by atoms with van der Waals surface area (Å²) in [5.41, 5.74) is 6.82. The van der Waals surface area contributed by atoms with Crippen molar-refractivity contribution in [2.24, 2.45) is 5.73 Å². The van der Waals surface area contributed by atoms with Crippen molar-refractivity contribution < 1.29 is 27.5 Å². The first-order valence-electron chi connectivity index (χ1n) is 15.4. The zero-order valence-corrected chi connectivity index (χ0v) is 25.9. The molecule has 0 atom stereocenters. The molecule has 1 aliphatic heterocycles. The Balaban J connectivity index is 1.26. The molecule has 2 aliphatic rings. The predicted octanol–water partition coefficient (Wildman–Crippen LogP) is 7.05. The van der Waals surface area contributed by atoms with Crippen LogP contribution < -0.4 is 11.1 Å². The van der Waals surface area contributed by atoms with Crippen molar-refractivity contribution in [3.05, 3.63) is 82.7 Å². The molecular formula is C34H40F3N5O3. The van der Waals surface area contributed by atoms with E-state index in [1.165, 1.54) is 0 Å². The van der Waals surface area contributed by atoms with Crippen molar-refractivity contribution in [2.75, 3.05) is 18.4 Å². The number of benzene rings is 2. The number of aromatic nitrogens is 2. The van der Waals surface area contributed by atoms with Crippen LogP contribution in [0.5, 0.6) is 0 Å². The number of nitrogens with one attached hydrogen (secondary N) is 1. The van der Waals surface area contributed by atoms with Gasteiger partial charge in [0.1, 0.15) is 5.60 Å². The van der Waals surface area contributed by atoms with Gasteiger partial charge in [-0.25, -0.2) is 14.8 Å². The van der Waals surface area contributed by atoms with Gasteiger partial charge >= 0.3 is 12.3 Å². The van der Waals surface area contributed by atoms with Gasteiger partial charge in [-0.2, -0.15) is 13.2 Å². The van der Waals surface area contributed by atoms with E-state index in [9.17, 15) is 22.8 Å². The van der Waals surface area contributed by atoms with Gasteiger partial charge in [0.15, 0.2) is 0 Å². The Morgan fingerprint density at radius 1 is 1.02 bits per heavy atom. The van der Waals surface area contributed by atoms with Gasteiger partial charge in [0, 0.05) is 25.0 Å². The summed E-state index contributed by atoms with van der Waals surface area (Å²) in [5, 5.41) is 3.04. The smallest absolute Gasteiger partial charge is 0.419 e. The fourth-order valence-corrected chi connectivity index (χ4v) is 6.23. The highest BCUT2D eigenvalue weighted by molar-refractivity contribution is 5.88. The largest absolute Gasteiger partial charge is 0.444 e. The third kappa shape index (κ3) is 7.40. The average molecular weight is 624 g/mol. The van der Waals surface area contributed by atoms with Crippen LogP contribution in [0.25, 0.3) is 0 Å². The summed E-state index contributed by atoms with van der Waals surface area (Å²) in [6.07, 6.45) is -0.0414. The quantitative estimate of drug-likeness (QED) is 0.278. The highest BCUT2D eigenvalue weighted by Crippen LogP contribution is 2.45. The number of nitrogens with zero attached hydrogens (tertiary/aromatic N) is 3. The SMILES string of the molecule is CC(C)(C)OC(=O)N1CCC(c2ccc(Nc3ncc(C(F)(F)F)c(CCc4ccccc4C4(C(N)=O)CCC4)n3)cc2)CC1. The number of hydrogen-bond donors (Lipinski definition) is 2. The topological polar surface area (TPSA) is 110 Å². The number of ether oxygens (including phenoxy) is 1. The lowest BCUT2D eigenvalue weighted by atomic mass is 9.62. The van der Waals surface area contributed by atoms with Crippen LogP contribution in [0.15, 0.2) is 54.7 Å². The highest BCUT2D eigenvalue weighted by atomic mass is 19.4. The minimum Gasteiger partial charge on any atom is -0.444 e. The molecule has 0 spiro atoms. The molecule has 8 nitrogen and oxygen atoms in total. The van der Waals surface area contributed by atoms with Crippen molar-refractivity contribution in [2.45, 2.75) is 88.8 Å². The van der Waals surface area contributed by atoms with E-state index in [1.807, 2.05) is 69.3 Å². The first-order valence-corrected chi connectivity index (χ1v) is 15.4. The maximum atomic E-state index is 13.9. The summed E-state index contributed by atoms with van der Waals surface area (Å²) in [6, 6.07) is 15.0. The van der Waals surface area contributed by atoms with Gasteiger partial charge in [-0.1, -0.05) is 42.8 Å². The number of anilines is 2. The Labute approximate surface area is 261 Å². The number of nitrogens with two attached hydrogens (primary N) is 1. The number of rotatable bonds is 8. The normalized spacial score (nSPS) is 17.0. The van der Waals surface area contributed by atoms with Gasteiger partial charge < -0.3 is 20.7 Å². The van der Waals surface area contributed by atoms with E-state index in [0.29, 0.717) is 31.6 Å². The number of hydrogen-bond acceptors (Lipinski definition) is 6. The first kappa shape index (κ1) is 32.2. The van der Waals surface area contributed by atoms with Gasteiger partial charge in [0.2, 0.25) is 11.9 Å². The standard InChI is InChI=1S/C34H40F3N5O3/c1-32(2,3)45-31(44)42-19-15-23(16-20-42)22-9-12-25(13-10-22)40-30-39-21-27(34(35,36)37)28(41-30)14-11-24-7-4-5-8-26(24)33(29(38)43)17-6-18-33/h4-5,7-10,12-13,21,23H,6,11,14-20H2,1-3H3,(H2,38,43)(H,39,40,41). The number of piperidine rings is 1. The Morgan fingerprint density at radius 3 is 2.27 bits per heavy atom. The molecule has 11 heteroatoms. The fourth-order valence-electron chi connectivity index (χ4n) is 6.23. The van der Waals surface area contributed by atoms with Crippen LogP contribution in [0.3, 0.4) is 0 Å². The van der Waals surface area contributed by atoms with E-state index in [0.717, 1.165) is 42.1 Å². The first-order chi connectivity index (χ1) is 21.2. The van der Waals surface area contributed by atoms with Gasteiger partial charge in [-0.15, -0.1) is 0 Å². The Hall–Kier alpha value is -4.15. The number of primary amides is 1. The number of likely N-dealkylation sites (tertiary alicyclic amines) is 1. The number of carbonyl (C=O) groups excluding carboxylic acids is 2. The van der Waals surface area contributed by atoms with Crippen molar-refractivity contribution in [3.63, 3.8) is 0 Å². The molecule has 0 unspecified atom stereocenters. The maximum Gasteiger partial charge on any atom is 0.419 e. The molecule has 1 saturated heterocycles. The molecule has 3 N–H and O–H groups in total. The molecule has 0 bridgehead atoms. The second-order valence-corrected chi connectivity index (χ2v) is 13.0. The van der Waals surface area contributed by atoms with Crippen LogP contribution in [-0.2, 0) is 34.0 Å². The lowest BCUT2D eigenvalue weighted by Gasteiger charge is -2.40. The number of aryl methyl sites for hydroxylation is 2. The fraction of sp³-hybridized carbons (Fsp3) is 0.471. The number of carbonyl (C=O) groups is 2. The second kappa shape index (κ2) is 12.7. The Kier molecular flexibility index (Phi) is 9.09.